The predicted molar refractivity (Wildman–Crippen MR) is 183 cm³/mol. The van der Waals surface area contributed by atoms with Crippen molar-refractivity contribution in [1.82, 2.24) is 10.2 Å². The van der Waals surface area contributed by atoms with Crippen molar-refractivity contribution in [3.05, 3.63) is 124 Å². The summed E-state index contributed by atoms with van der Waals surface area (Å²) < 4.78 is 35.3. The van der Waals surface area contributed by atoms with Crippen LogP contribution < -0.4 is 14.4 Å². The van der Waals surface area contributed by atoms with Gasteiger partial charge in [-0.1, -0.05) is 83.9 Å². The third-order valence-corrected chi connectivity index (χ3v) is 9.51. The van der Waals surface area contributed by atoms with Crippen LogP contribution in [0.1, 0.15) is 31.9 Å². The molecule has 0 aliphatic carbocycles. The number of amides is 2. The van der Waals surface area contributed by atoms with Crippen molar-refractivity contribution in [2.24, 2.45) is 0 Å². The van der Waals surface area contributed by atoms with E-state index in [0.29, 0.717) is 15.6 Å². The number of benzene rings is 4. The van der Waals surface area contributed by atoms with Crippen LogP contribution in [-0.4, -0.2) is 50.4 Å². The summed E-state index contributed by atoms with van der Waals surface area (Å²) in [5, 5.41) is 3.72. The van der Waals surface area contributed by atoms with Crippen LogP contribution in [-0.2, 0) is 32.6 Å². The summed E-state index contributed by atoms with van der Waals surface area (Å²) in [5.41, 5.74) is 1.61. The molecule has 11 heteroatoms. The van der Waals surface area contributed by atoms with Crippen LogP contribution >= 0.6 is 23.2 Å². The molecule has 0 heterocycles. The smallest absolute Gasteiger partial charge is 0.264 e. The minimum Gasteiger partial charge on any atom is -0.492 e. The van der Waals surface area contributed by atoms with Crippen LogP contribution in [0.3, 0.4) is 0 Å². The Labute approximate surface area is 280 Å². The molecule has 242 valence electrons. The van der Waals surface area contributed by atoms with E-state index in [-0.39, 0.29) is 47.9 Å². The van der Waals surface area contributed by atoms with E-state index in [2.05, 4.69) is 5.32 Å². The van der Waals surface area contributed by atoms with E-state index >= 15 is 0 Å². The number of carbonyl (C=O) groups excluding carboxylic acids is 2. The molecule has 0 unspecified atom stereocenters. The number of nitrogens with one attached hydrogen (secondary N) is 1. The van der Waals surface area contributed by atoms with Gasteiger partial charge in [0.25, 0.3) is 10.0 Å². The highest BCUT2D eigenvalue weighted by atomic mass is 35.5. The highest BCUT2D eigenvalue weighted by Crippen LogP contribution is 2.33. The zero-order valence-corrected chi connectivity index (χ0v) is 28.2. The highest BCUT2D eigenvalue weighted by molar-refractivity contribution is 7.92. The number of anilines is 1. The molecule has 0 fully saturated rings. The Kier molecular flexibility index (Phi) is 12.1. The first-order valence-electron chi connectivity index (χ1n) is 14.9. The second-order valence-electron chi connectivity index (χ2n) is 10.8. The van der Waals surface area contributed by atoms with E-state index in [9.17, 15) is 18.0 Å². The van der Waals surface area contributed by atoms with Gasteiger partial charge in [0.05, 0.1) is 17.2 Å². The third-order valence-electron chi connectivity index (χ3n) is 7.11. The first-order valence-corrected chi connectivity index (χ1v) is 17.1. The fourth-order valence-corrected chi connectivity index (χ4v) is 6.68. The summed E-state index contributed by atoms with van der Waals surface area (Å²) >= 11 is 12.6. The van der Waals surface area contributed by atoms with Crippen LogP contribution in [0.4, 0.5) is 5.69 Å². The van der Waals surface area contributed by atoms with Crippen LogP contribution in [0, 0.1) is 0 Å². The summed E-state index contributed by atoms with van der Waals surface area (Å²) in [6.07, 6.45) is 0.190. The number of para-hydroxylation sites is 2. The molecule has 4 rings (SSSR count). The molecule has 46 heavy (non-hydrogen) atoms. The van der Waals surface area contributed by atoms with Gasteiger partial charge in [0.2, 0.25) is 11.8 Å². The number of carbonyl (C=O) groups is 2. The van der Waals surface area contributed by atoms with Gasteiger partial charge in [-0.05, 0) is 74.4 Å². The van der Waals surface area contributed by atoms with E-state index in [0.717, 1.165) is 9.87 Å². The average molecular weight is 683 g/mol. The zero-order valence-electron chi connectivity index (χ0n) is 25.9. The third kappa shape index (κ3) is 8.81. The van der Waals surface area contributed by atoms with Crippen molar-refractivity contribution in [2.45, 2.75) is 50.7 Å². The first kappa shape index (κ1) is 34.8. The highest BCUT2D eigenvalue weighted by Gasteiger charge is 2.36. The minimum absolute atomic E-state index is 0.0382. The van der Waals surface area contributed by atoms with E-state index in [1.807, 2.05) is 44.2 Å². The average Bonchev–Trinajstić information content (AvgIpc) is 3.03. The van der Waals surface area contributed by atoms with Gasteiger partial charge in [0, 0.05) is 29.1 Å². The molecule has 1 atom stereocenters. The number of rotatable bonds is 14. The molecule has 0 spiro atoms. The lowest BCUT2D eigenvalue weighted by Gasteiger charge is -2.34. The van der Waals surface area contributed by atoms with E-state index in [1.54, 1.807) is 55.5 Å². The standard InChI is InChI=1S/C35H37Cl2N3O5S/c1-4-45-33-17-11-10-16-31(33)40(46(43,44)29-20-18-28(36)19-21-29)24-34(41)39(23-27-14-8-9-15-30(27)37)32(35(42)38-25(2)3)22-26-12-6-5-7-13-26/h5-21,25,32H,4,22-24H2,1-3H3,(H,38,42)/t32-/m0/s1. The fraction of sp³-hybridized carbons (Fsp3) is 0.257. The molecule has 1 N–H and O–H groups in total. The topological polar surface area (TPSA) is 96.0 Å². The molecule has 2 amide bonds. The molecular formula is C35H37Cl2N3O5S. The van der Waals surface area contributed by atoms with Crippen LogP contribution in [0.5, 0.6) is 5.75 Å². The molecule has 4 aromatic rings. The molecular weight excluding hydrogens is 645 g/mol. The quantitative estimate of drug-likeness (QED) is 0.159. The van der Waals surface area contributed by atoms with Gasteiger partial charge in [-0.15, -0.1) is 0 Å². The predicted octanol–water partition coefficient (Wildman–Crippen LogP) is 6.75. The normalized spacial score (nSPS) is 12.0. The number of nitrogens with zero attached hydrogens (tertiary/aromatic N) is 2. The summed E-state index contributed by atoms with van der Waals surface area (Å²) in [7, 11) is -4.32. The largest absolute Gasteiger partial charge is 0.492 e. The van der Waals surface area contributed by atoms with Gasteiger partial charge in [0.15, 0.2) is 0 Å². The molecule has 0 radical (unpaired) electrons. The Morgan fingerprint density at radius 3 is 2.13 bits per heavy atom. The van der Waals surface area contributed by atoms with Gasteiger partial charge >= 0.3 is 0 Å². The number of ether oxygens (including phenoxy) is 1. The fourth-order valence-electron chi connectivity index (χ4n) is 4.93. The molecule has 0 aliphatic rings. The maximum Gasteiger partial charge on any atom is 0.264 e. The maximum absolute atomic E-state index is 14.6. The molecule has 0 aromatic heterocycles. The second-order valence-corrected chi connectivity index (χ2v) is 13.6. The van der Waals surface area contributed by atoms with Gasteiger partial charge < -0.3 is 15.0 Å². The lowest BCUT2D eigenvalue weighted by atomic mass is 10.0. The van der Waals surface area contributed by atoms with Gasteiger partial charge in [0.1, 0.15) is 18.3 Å². The van der Waals surface area contributed by atoms with Gasteiger partial charge in [-0.25, -0.2) is 8.42 Å². The second kappa shape index (κ2) is 16.0. The number of hydrogen-bond acceptors (Lipinski definition) is 5. The van der Waals surface area contributed by atoms with Crippen molar-refractivity contribution in [3.8, 4) is 5.75 Å². The Bertz CT molecular complexity index is 1730. The lowest BCUT2D eigenvalue weighted by molar-refractivity contribution is -0.140. The van der Waals surface area contributed by atoms with Crippen LogP contribution in [0.2, 0.25) is 10.0 Å². The summed E-state index contributed by atoms with van der Waals surface area (Å²) in [6, 6.07) is 27.5. The van der Waals surface area contributed by atoms with Crippen molar-refractivity contribution in [3.63, 3.8) is 0 Å². The van der Waals surface area contributed by atoms with E-state index < -0.39 is 28.5 Å². The molecule has 8 nitrogen and oxygen atoms in total. The number of hydrogen-bond donors (Lipinski definition) is 1. The van der Waals surface area contributed by atoms with Crippen LogP contribution in [0.25, 0.3) is 0 Å². The Balaban J connectivity index is 1.85. The minimum atomic E-state index is -4.32. The SMILES string of the molecule is CCOc1ccccc1N(CC(=O)N(Cc1ccccc1Cl)[C@@H](Cc1ccccc1)C(=O)NC(C)C)S(=O)(=O)c1ccc(Cl)cc1. The summed E-state index contributed by atoms with van der Waals surface area (Å²) in [4.78, 5) is 29.8. The first-order chi connectivity index (χ1) is 22.0. The molecule has 0 aliphatic heterocycles. The molecule has 0 bridgehead atoms. The summed E-state index contributed by atoms with van der Waals surface area (Å²) in [6.45, 7) is 5.06. The number of sulfonamides is 1. The van der Waals surface area contributed by atoms with Crippen molar-refractivity contribution in [1.29, 1.82) is 0 Å². The maximum atomic E-state index is 14.6. The zero-order chi connectivity index (χ0) is 33.3. The molecule has 4 aromatic carbocycles. The Hall–Kier alpha value is -4.05. The molecule has 0 saturated carbocycles. The monoisotopic (exact) mass is 681 g/mol. The van der Waals surface area contributed by atoms with Crippen molar-refractivity contribution < 1.29 is 22.7 Å². The van der Waals surface area contributed by atoms with Crippen LogP contribution in [0.15, 0.2) is 108 Å². The summed E-state index contributed by atoms with van der Waals surface area (Å²) in [5.74, 6) is -0.698. The Morgan fingerprint density at radius 2 is 1.48 bits per heavy atom. The Morgan fingerprint density at radius 1 is 0.848 bits per heavy atom. The van der Waals surface area contributed by atoms with Crippen molar-refractivity contribution >= 4 is 50.7 Å². The number of halogens is 2. The lowest BCUT2D eigenvalue weighted by Crippen LogP contribution is -2.54. The van der Waals surface area contributed by atoms with E-state index in [4.69, 9.17) is 27.9 Å². The van der Waals surface area contributed by atoms with E-state index in [1.165, 1.54) is 29.2 Å². The van der Waals surface area contributed by atoms with Crippen molar-refractivity contribution in [2.75, 3.05) is 17.5 Å². The van der Waals surface area contributed by atoms with Gasteiger partial charge in [-0.2, -0.15) is 0 Å². The molecule has 0 saturated heterocycles. The van der Waals surface area contributed by atoms with Gasteiger partial charge in [-0.3, -0.25) is 13.9 Å².